The average Bonchev–Trinajstić information content (AvgIpc) is 3.07. The molecule has 0 radical (unpaired) electrons. The van der Waals surface area contributed by atoms with E-state index in [4.69, 9.17) is 11.6 Å². The first-order valence-corrected chi connectivity index (χ1v) is 9.52. The summed E-state index contributed by atoms with van der Waals surface area (Å²) in [5.74, 6) is -1.85. The minimum Gasteiger partial charge on any atom is -0.481 e. The molecule has 1 aliphatic rings. The number of thioether (sulfide) groups is 1. The Morgan fingerprint density at radius 3 is 2.44 bits per heavy atom. The highest BCUT2D eigenvalue weighted by atomic mass is 35.5. The predicted molar refractivity (Wildman–Crippen MR) is 99.4 cm³/mol. The summed E-state index contributed by atoms with van der Waals surface area (Å²) in [6.07, 6.45) is 1.92. The lowest BCUT2D eigenvalue weighted by Crippen LogP contribution is -2.30. The molecule has 2 aromatic rings. The van der Waals surface area contributed by atoms with Crippen molar-refractivity contribution in [2.75, 3.05) is 19.3 Å². The van der Waals surface area contributed by atoms with Crippen LogP contribution in [0.4, 0.5) is 0 Å². The molecular formula is C19H18ClNO3S. The van der Waals surface area contributed by atoms with Gasteiger partial charge in [-0.3, -0.25) is 9.59 Å². The van der Waals surface area contributed by atoms with Crippen molar-refractivity contribution in [2.24, 2.45) is 5.92 Å². The summed E-state index contributed by atoms with van der Waals surface area (Å²) in [4.78, 5) is 27.2. The monoisotopic (exact) mass is 375 g/mol. The minimum absolute atomic E-state index is 0.118. The maximum atomic E-state index is 12.9. The SMILES string of the molecule is CSc1ccccc1C(=O)N1C[C@@H](C(=O)O)[C@H](c2ccc(Cl)cc2)C1. The van der Waals surface area contributed by atoms with E-state index < -0.39 is 11.9 Å². The molecule has 3 rings (SSSR count). The van der Waals surface area contributed by atoms with Crippen molar-refractivity contribution >= 4 is 35.2 Å². The summed E-state index contributed by atoms with van der Waals surface area (Å²) < 4.78 is 0. The van der Waals surface area contributed by atoms with Crippen LogP contribution in [-0.4, -0.2) is 41.2 Å². The van der Waals surface area contributed by atoms with Gasteiger partial charge in [0, 0.05) is 28.9 Å². The third-order valence-electron chi connectivity index (χ3n) is 4.56. The van der Waals surface area contributed by atoms with Crippen LogP contribution in [0.15, 0.2) is 53.4 Å². The molecule has 1 fully saturated rings. The van der Waals surface area contributed by atoms with Crippen LogP contribution in [0.2, 0.25) is 5.02 Å². The summed E-state index contributed by atoms with van der Waals surface area (Å²) in [5, 5.41) is 10.2. The number of likely N-dealkylation sites (tertiary alicyclic amines) is 1. The van der Waals surface area contributed by atoms with Crippen molar-refractivity contribution in [2.45, 2.75) is 10.8 Å². The van der Waals surface area contributed by atoms with Gasteiger partial charge in [-0.25, -0.2) is 0 Å². The number of carbonyl (C=O) groups excluding carboxylic acids is 1. The van der Waals surface area contributed by atoms with Crippen LogP contribution in [0.25, 0.3) is 0 Å². The largest absolute Gasteiger partial charge is 0.481 e. The lowest BCUT2D eigenvalue weighted by Gasteiger charge is -2.18. The smallest absolute Gasteiger partial charge is 0.308 e. The Bertz CT molecular complexity index is 794. The Kier molecular flexibility index (Phi) is 5.35. The van der Waals surface area contributed by atoms with E-state index in [1.54, 1.807) is 23.1 Å². The van der Waals surface area contributed by atoms with E-state index in [2.05, 4.69) is 0 Å². The summed E-state index contributed by atoms with van der Waals surface area (Å²) in [5.41, 5.74) is 1.51. The zero-order valence-corrected chi connectivity index (χ0v) is 15.3. The van der Waals surface area contributed by atoms with Crippen molar-refractivity contribution in [1.82, 2.24) is 4.90 Å². The fourth-order valence-corrected chi connectivity index (χ4v) is 3.98. The fraction of sp³-hybridized carbons (Fsp3) is 0.263. The Morgan fingerprint density at radius 2 is 1.80 bits per heavy atom. The van der Waals surface area contributed by atoms with Crippen molar-refractivity contribution in [3.05, 3.63) is 64.7 Å². The summed E-state index contributed by atoms with van der Waals surface area (Å²) in [6, 6.07) is 14.6. The highest BCUT2D eigenvalue weighted by molar-refractivity contribution is 7.98. The average molecular weight is 376 g/mol. The van der Waals surface area contributed by atoms with E-state index in [1.807, 2.05) is 36.6 Å². The molecule has 0 bridgehead atoms. The molecule has 1 N–H and O–H groups in total. The van der Waals surface area contributed by atoms with Gasteiger partial charge in [0.15, 0.2) is 0 Å². The number of hydrogen-bond acceptors (Lipinski definition) is 3. The van der Waals surface area contributed by atoms with Gasteiger partial charge in [0.25, 0.3) is 5.91 Å². The van der Waals surface area contributed by atoms with E-state index in [0.29, 0.717) is 17.1 Å². The second kappa shape index (κ2) is 7.50. The first-order valence-electron chi connectivity index (χ1n) is 7.92. The van der Waals surface area contributed by atoms with Crippen molar-refractivity contribution < 1.29 is 14.7 Å². The van der Waals surface area contributed by atoms with Gasteiger partial charge >= 0.3 is 5.97 Å². The second-order valence-electron chi connectivity index (χ2n) is 6.01. The molecule has 1 amide bonds. The van der Waals surface area contributed by atoms with Crippen LogP contribution in [-0.2, 0) is 4.79 Å². The van der Waals surface area contributed by atoms with Crippen LogP contribution < -0.4 is 0 Å². The van der Waals surface area contributed by atoms with E-state index in [9.17, 15) is 14.7 Å². The van der Waals surface area contributed by atoms with Gasteiger partial charge in [0.1, 0.15) is 0 Å². The number of carbonyl (C=O) groups is 2. The first-order chi connectivity index (χ1) is 12.0. The van der Waals surface area contributed by atoms with Crippen molar-refractivity contribution in [3.63, 3.8) is 0 Å². The summed E-state index contributed by atoms with van der Waals surface area (Å²) in [6.45, 7) is 0.602. The number of amides is 1. The van der Waals surface area contributed by atoms with Crippen LogP contribution >= 0.6 is 23.4 Å². The number of benzene rings is 2. The number of nitrogens with zero attached hydrogens (tertiary/aromatic N) is 1. The number of carboxylic acids is 1. The summed E-state index contributed by atoms with van der Waals surface area (Å²) >= 11 is 7.44. The molecule has 0 saturated carbocycles. The Balaban J connectivity index is 1.88. The number of rotatable bonds is 4. The number of hydrogen-bond donors (Lipinski definition) is 1. The van der Waals surface area contributed by atoms with Crippen LogP contribution in [0.3, 0.4) is 0 Å². The molecule has 1 heterocycles. The first kappa shape index (κ1) is 17.8. The normalized spacial score (nSPS) is 19.8. The Labute approximate surface area is 155 Å². The Hall–Kier alpha value is -1.98. The highest BCUT2D eigenvalue weighted by Crippen LogP contribution is 2.35. The second-order valence-corrected chi connectivity index (χ2v) is 7.30. The molecular weight excluding hydrogens is 358 g/mol. The molecule has 130 valence electrons. The zero-order valence-electron chi connectivity index (χ0n) is 13.7. The molecule has 1 aliphatic heterocycles. The van der Waals surface area contributed by atoms with E-state index in [0.717, 1.165) is 10.5 Å². The van der Waals surface area contributed by atoms with Gasteiger partial charge in [-0.1, -0.05) is 35.9 Å². The Morgan fingerprint density at radius 1 is 1.12 bits per heavy atom. The van der Waals surface area contributed by atoms with E-state index in [1.165, 1.54) is 11.8 Å². The number of aliphatic carboxylic acids is 1. The maximum Gasteiger partial charge on any atom is 0.308 e. The quantitative estimate of drug-likeness (QED) is 0.820. The molecule has 1 saturated heterocycles. The lowest BCUT2D eigenvalue weighted by molar-refractivity contribution is -0.141. The molecule has 0 unspecified atom stereocenters. The standard InChI is InChI=1S/C19H18ClNO3S/c1-25-17-5-3-2-4-14(17)18(22)21-10-15(16(11-21)19(23)24)12-6-8-13(20)9-7-12/h2-9,15-16H,10-11H2,1H3,(H,23,24)/t15-,16+/m0/s1. The minimum atomic E-state index is -0.881. The predicted octanol–water partition coefficient (Wildman–Crippen LogP) is 4.00. The molecule has 2 aromatic carbocycles. The lowest BCUT2D eigenvalue weighted by atomic mass is 9.89. The van der Waals surface area contributed by atoms with Gasteiger partial charge in [-0.2, -0.15) is 0 Å². The molecule has 0 spiro atoms. The van der Waals surface area contributed by atoms with Crippen LogP contribution in [0, 0.1) is 5.92 Å². The topological polar surface area (TPSA) is 57.6 Å². The third kappa shape index (κ3) is 3.67. The highest BCUT2D eigenvalue weighted by Gasteiger charge is 2.40. The van der Waals surface area contributed by atoms with Gasteiger partial charge in [0.2, 0.25) is 0 Å². The molecule has 6 heteroatoms. The van der Waals surface area contributed by atoms with Gasteiger partial charge < -0.3 is 10.0 Å². The molecule has 4 nitrogen and oxygen atoms in total. The molecule has 0 aromatic heterocycles. The number of carboxylic acid groups (broad SMARTS) is 1. The van der Waals surface area contributed by atoms with Gasteiger partial charge in [-0.05, 0) is 36.1 Å². The zero-order chi connectivity index (χ0) is 18.0. The summed E-state index contributed by atoms with van der Waals surface area (Å²) in [7, 11) is 0. The molecule has 25 heavy (non-hydrogen) atoms. The van der Waals surface area contributed by atoms with Crippen molar-refractivity contribution in [1.29, 1.82) is 0 Å². The van der Waals surface area contributed by atoms with E-state index >= 15 is 0 Å². The third-order valence-corrected chi connectivity index (χ3v) is 5.61. The molecule has 2 atom stereocenters. The molecule has 0 aliphatic carbocycles. The van der Waals surface area contributed by atoms with Gasteiger partial charge in [-0.15, -0.1) is 11.8 Å². The van der Waals surface area contributed by atoms with Crippen LogP contribution in [0.1, 0.15) is 21.8 Å². The van der Waals surface area contributed by atoms with Crippen molar-refractivity contribution in [3.8, 4) is 0 Å². The number of halogens is 1. The maximum absolute atomic E-state index is 12.9. The van der Waals surface area contributed by atoms with Gasteiger partial charge in [0.05, 0.1) is 11.5 Å². The van der Waals surface area contributed by atoms with Crippen LogP contribution in [0.5, 0.6) is 0 Å². The fourth-order valence-electron chi connectivity index (χ4n) is 3.26. The van der Waals surface area contributed by atoms with E-state index in [-0.39, 0.29) is 18.4 Å².